The fourth-order valence-corrected chi connectivity index (χ4v) is 5.51. The number of nitrogens with zero attached hydrogens (tertiary/aromatic N) is 2. The van der Waals surface area contributed by atoms with Crippen molar-refractivity contribution in [3.63, 3.8) is 0 Å². The first-order chi connectivity index (χ1) is 19.3. The van der Waals surface area contributed by atoms with Gasteiger partial charge in [0.25, 0.3) is 5.91 Å². The molecule has 0 spiro atoms. The Balaban J connectivity index is 1.87. The van der Waals surface area contributed by atoms with Gasteiger partial charge in [0.05, 0.1) is 17.5 Å². The van der Waals surface area contributed by atoms with Crippen molar-refractivity contribution in [1.29, 1.82) is 0 Å². The Morgan fingerprint density at radius 2 is 2.00 bits per heavy atom. The smallest absolute Gasteiger partial charge is 0.254 e. The van der Waals surface area contributed by atoms with E-state index in [1.807, 2.05) is 10.9 Å². The summed E-state index contributed by atoms with van der Waals surface area (Å²) >= 11 is 0. The van der Waals surface area contributed by atoms with Gasteiger partial charge in [-0.05, 0) is 81.4 Å². The molecule has 1 fully saturated rings. The van der Waals surface area contributed by atoms with Crippen LogP contribution in [-0.4, -0.2) is 27.8 Å². The molecule has 4 bridgehead atoms. The summed E-state index contributed by atoms with van der Waals surface area (Å²) in [4.78, 5) is 13.3. The molecule has 40 heavy (non-hydrogen) atoms. The summed E-state index contributed by atoms with van der Waals surface area (Å²) in [6, 6.07) is 0.120. The number of carbonyl (C=O) groups is 1. The Kier molecular flexibility index (Phi) is 12.5. The van der Waals surface area contributed by atoms with Gasteiger partial charge in [0, 0.05) is 25.1 Å². The van der Waals surface area contributed by atoms with Crippen LogP contribution in [-0.2, 0) is 11.2 Å². The third-order valence-corrected chi connectivity index (χ3v) is 8.55. The molecule has 1 unspecified atom stereocenters. The highest BCUT2D eigenvalue weighted by Gasteiger charge is 2.34. The second kappa shape index (κ2) is 15.8. The Bertz CT molecular complexity index is 1110. The van der Waals surface area contributed by atoms with Crippen LogP contribution in [0.4, 0.5) is 0 Å². The van der Waals surface area contributed by atoms with E-state index in [1.165, 1.54) is 24.0 Å². The van der Waals surface area contributed by atoms with Crippen molar-refractivity contribution in [2.45, 2.75) is 124 Å². The standard InChI is InChI=1S/C35H53N3O2/c1-8-11-16-31-28(7)15-13-14-25(4)18-19-26(5)20-21-38-33(17-12-9-2)32(24-36-38)35(39)37-29-22-30(23-29)40-34(31)27(6)10-3/h8,11,16,20-21,24-25,28-30H,5,9-10,12-15,17-19,22-23H2,1-4,6-7H3,(H,37,39)/b11-8-,21-20?,31-16-,34-27-/t25-,28?,29?,30?/m0/s1. The number of aromatic nitrogens is 2. The number of carbonyl (C=O) groups excluding carboxylic acids is 1. The summed E-state index contributed by atoms with van der Waals surface area (Å²) in [5.41, 5.74) is 5.36. The molecule has 1 N–H and O–H groups in total. The fourth-order valence-electron chi connectivity index (χ4n) is 5.51. The predicted octanol–water partition coefficient (Wildman–Crippen LogP) is 8.95. The summed E-state index contributed by atoms with van der Waals surface area (Å²) < 4.78 is 8.59. The van der Waals surface area contributed by atoms with E-state index in [4.69, 9.17) is 4.74 Å². The molecule has 5 nitrogen and oxygen atoms in total. The van der Waals surface area contributed by atoms with Crippen LogP contribution in [0.5, 0.6) is 0 Å². The molecule has 0 saturated heterocycles. The maximum absolute atomic E-state index is 13.3. The molecular formula is C35H53N3O2. The lowest BCUT2D eigenvalue weighted by atomic mass is 9.86. The third-order valence-electron chi connectivity index (χ3n) is 8.55. The van der Waals surface area contributed by atoms with Gasteiger partial charge in [-0.15, -0.1) is 0 Å². The first-order valence-electron chi connectivity index (χ1n) is 15.7. The van der Waals surface area contributed by atoms with Gasteiger partial charge in [-0.2, -0.15) is 5.10 Å². The molecule has 2 aliphatic heterocycles. The van der Waals surface area contributed by atoms with Gasteiger partial charge in [0.1, 0.15) is 11.9 Å². The highest BCUT2D eigenvalue weighted by molar-refractivity contribution is 5.95. The van der Waals surface area contributed by atoms with E-state index >= 15 is 0 Å². The summed E-state index contributed by atoms with van der Waals surface area (Å²) in [5, 5.41) is 7.82. The first-order valence-corrected chi connectivity index (χ1v) is 15.7. The molecule has 0 radical (unpaired) electrons. The number of amides is 1. The number of hydrogen-bond donors (Lipinski definition) is 1. The van der Waals surface area contributed by atoms with E-state index in [0.29, 0.717) is 17.4 Å². The number of fused-ring (bicyclic) bond motifs is 12. The molecule has 0 aromatic carbocycles. The molecule has 1 aromatic heterocycles. The quantitative estimate of drug-likeness (QED) is 0.400. The molecule has 1 aromatic rings. The van der Waals surface area contributed by atoms with Gasteiger partial charge >= 0.3 is 0 Å². The van der Waals surface area contributed by atoms with Crippen LogP contribution >= 0.6 is 0 Å². The van der Waals surface area contributed by atoms with Crippen LogP contribution in [0.2, 0.25) is 0 Å². The highest BCUT2D eigenvalue weighted by Crippen LogP contribution is 2.35. The van der Waals surface area contributed by atoms with Crippen LogP contribution in [0.1, 0.15) is 122 Å². The lowest BCUT2D eigenvalue weighted by Gasteiger charge is -2.37. The summed E-state index contributed by atoms with van der Waals surface area (Å²) in [6.07, 6.45) is 23.6. The topological polar surface area (TPSA) is 56.2 Å². The van der Waals surface area contributed by atoms with Gasteiger partial charge in [0.15, 0.2) is 0 Å². The minimum atomic E-state index is -0.0319. The number of hydrogen-bond acceptors (Lipinski definition) is 3. The van der Waals surface area contributed by atoms with Crippen LogP contribution in [0.3, 0.4) is 0 Å². The third kappa shape index (κ3) is 8.84. The van der Waals surface area contributed by atoms with Crippen LogP contribution in [0.25, 0.3) is 6.20 Å². The molecule has 1 saturated carbocycles. The van der Waals surface area contributed by atoms with Crippen molar-refractivity contribution in [3.05, 3.63) is 70.8 Å². The van der Waals surface area contributed by atoms with Crippen molar-refractivity contribution in [1.82, 2.24) is 15.1 Å². The van der Waals surface area contributed by atoms with Crippen molar-refractivity contribution in [3.8, 4) is 0 Å². The van der Waals surface area contributed by atoms with Gasteiger partial charge in [-0.1, -0.05) is 77.3 Å². The fraction of sp³-hybridized carbons (Fsp3) is 0.600. The lowest BCUT2D eigenvalue weighted by molar-refractivity contribution is 0.0273. The maximum atomic E-state index is 13.3. The minimum absolute atomic E-state index is 0.0319. The lowest BCUT2D eigenvalue weighted by Crippen LogP contribution is -2.48. The Morgan fingerprint density at radius 1 is 1.23 bits per heavy atom. The van der Waals surface area contributed by atoms with Crippen molar-refractivity contribution < 1.29 is 9.53 Å². The number of rotatable bonds is 5. The van der Waals surface area contributed by atoms with E-state index in [-0.39, 0.29) is 18.1 Å². The van der Waals surface area contributed by atoms with E-state index in [1.54, 1.807) is 6.20 Å². The second-order valence-electron chi connectivity index (χ2n) is 12.0. The number of nitrogens with one attached hydrogen (secondary N) is 1. The average Bonchev–Trinajstić information content (AvgIpc) is 3.33. The molecular weight excluding hydrogens is 494 g/mol. The molecule has 1 aliphatic carbocycles. The zero-order valence-corrected chi connectivity index (χ0v) is 26.0. The second-order valence-corrected chi connectivity index (χ2v) is 12.0. The molecule has 220 valence electrons. The molecule has 1 amide bonds. The van der Waals surface area contributed by atoms with E-state index in [2.05, 4.69) is 82.8 Å². The molecule has 3 aliphatic rings. The van der Waals surface area contributed by atoms with Crippen LogP contribution in [0, 0.1) is 11.8 Å². The molecule has 5 heteroatoms. The predicted molar refractivity (Wildman–Crippen MR) is 168 cm³/mol. The normalized spacial score (nSPS) is 27.6. The molecule has 3 heterocycles. The average molecular weight is 548 g/mol. The Hall–Kier alpha value is -2.82. The van der Waals surface area contributed by atoms with Gasteiger partial charge < -0.3 is 10.1 Å². The van der Waals surface area contributed by atoms with Gasteiger partial charge in [-0.25, -0.2) is 4.68 Å². The number of unbranched alkanes of at least 4 members (excludes halogenated alkanes) is 1. The minimum Gasteiger partial charge on any atom is -0.490 e. The van der Waals surface area contributed by atoms with Gasteiger partial charge in [-0.3, -0.25) is 4.79 Å². The summed E-state index contributed by atoms with van der Waals surface area (Å²) in [7, 11) is 0. The summed E-state index contributed by atoms with van der Waals surface area (Å²) in [5.74, 6) is 2.09. The number of ether oxygens (including phenoxy) is 1. The van der Waals surface area contributed by atoms with E-state index in [0.717, 1.165) is 74.8 Å². The highest BCUT2D eigenvalue weighted by atomic mass is 16.5. The summed E-state index contributed by atoms with van der Waals surface area (Å²) in [6.45, 7) is 17.6. The Labute approximate surface area is 243 Å². The monoisotopic (exact) mass is 547 g/mol. The first kappa shape index (κ1) is 31.7. The zero-order valence-electron chi connectivity index (χ0n) is 26.0. The van der Waals surface area contributed by atoms with E-state index < -0.39 is 0 Å². The van der Waals surface area contributed by atoms with Crippen molar-refractivity contribution >= 4 is 12.1 Å². The number of allylic oxidation sites excluding steroid dienone is 7. The van der Waals surface area contributed by atoms with Crippen LogP contribution < -0.4 is 5.32 Å². The van der Waals surface area contributed by atoms with E-state index in [9.17, 15) is 4.79 Å². The van der Waals surface area contributed by atoms with Crippen LogP contribution in [0.15, 0.2) is 59.6 Å². The maximum Gasteiger partial charge on any atom is 0.254 e. The Morgan fingerprint density at radius 3 is 2.70 bits per heavy atom. The SMILES string of the molecule is C=C1C=Cn2ncc(c2CCCC)C(=O)NC2CC(C2)OC(=C(/C)CC)/C(=C\C=C/C)C(C)CCC[C@H](C)CC1. The van der Waals surface area contributed by atoms with Gasteiger partial charge in [0.2, 0.25) is 0 Å². The van der Waals surface area contributed by atoms with Crippen molar-refractivity contribution in [2.75, 3.05) is 0 Å². The largest absolute Gasteiger partial charge is 0.490 e. The zero-order chi connectivity index (χ0) is 29.1. The molecule has 2 atom stereocenters. The van der Waals surface area contributed by atoms with Crippen molar-refractivity contribution in [2.24, 2.45) is 11.8 Å². The molecule has 4 rings (SSSR count).